The number of nitrogens with one attached hydrogen (secondary N) is 1. The van der Waals surface area contributed by atoms with Gasteiger partial charge in [-0.1, -0.05) is 0 Å². The molecule has 2 saturated heterocycles. The van der Waals surface area contributed by atoms with E-state index < -0.39 is 11.6 Å². The fraction of sp³-hybridized carbons (Fsp3) is 0.429. The summed E-state index contributed by atoms with van der Waals surface area (Å²) in [5.41, 5.74) is 1.84. The van der Waals surface area contributed by atoms with Crippen LogP contribution in [-0.4, -0.2) is 57.0 Å². The third-order valence-corrected chi connectivity index (χ3v) is 5.96. The van der Waals surface area contributed by atoms with Crippen LogP contribution in [0.15, 0.2) is 36.7 Å². The molecule has 0 aliphatic carbocycles. The molecule has 3 aromatic rings. The molecule has 1 unspecified atom stereocenters. The summed E-state index contributed by atoms with van der Waals surface area (Å²) in [5, 5.41) is 17.4. The summed E-state index contributed by atoms with van der Waals surface area (Å²) in [6.07, 6.45) is 5.71. The van der Waals surface area contributed by atoms with Gasteiger partial charge in [-0.25, -0.2) is 18.3 Å². The van der Waals surface area contributed by atoms with E-state index in [9.17, 15) is 13.9 Å². The largest absolute Gasteiger partial charge is 0.392 e. The van der Waals surface area contributed by atoms with E-state index in [1.807, 2.05) is 17.2 Å². The number of aromatic nitrogens is 3. The van der Waals surface area contributed by atoms with Gasteiger partial charge in [-0.2, -0.15) is 5.10 Å². The Hall–Kier alpha value is -2.78. The van der Waals surface area contributed by atoms with Crippen molar-refractivity contribution in [2.75, 3.05) is 36.5 Å². The zero-order valence-corrected chi connectivity index (χ0v) is 16.5. The van der Waals surface area contributed by atoms with Gasteiger partial charge in [0.05, 0.1) is 25.0 Å². The van der Waals surface area contributed by atoms with Gasteiger partial charge in [0, 0.05) is 31.4 Å². The lowest BCUT2D eigenvalue weighted by Crippen LogP contribution is -2.28. The van der Waals surface area contributed by atoms with Gasteiger partial charge < -0.3 is 15.3 Å². The Morgan fingerprint density at radius 2 is 2.07 bits per heavy atom. The molecular weight excluding hydrogens is 390 g/mol. The molecule has 2 aliphatic rings. The molecular formula is C21H24F2N6O. The summed E-state index contributed by atoms with van der Waals surface area (Å²) in [7, 11) is 0. The van der Waals surface area contributed by atoms with Crippen LogP contribution in [0.3, 0.4) is 0 Å². The molecule has 1 aromatic carbocycles. The first-order chi connectivity index (χ1) is 14.6. The maximum Gasteiger partial charge on any atom is 0.180 e. The lowest BCUT2D eigenvalue weighted by Gasteiger charge is -2.26. The number of β-amino-alcohol motifs (C(OH)–C–C–N with tert-alkyl or cyclic N) is 1. The second kappa shape index (κ2) is 7.81. The monoisotopic (exact) mass is 414 g/mol. The van der Waals surface area contributed by atoms with Crippen molar-refractivity contribution in [1.29, 1.82) is 0 Å². The molecule has 4 heterocycles. The van der Waals surface area contributed by atoms with Crippen molar-refractivity contribution in [2.24, 2.45) is 0 Å². The number of aliphatic hydroxyl groups excluding tert-OH is 1. The molecule has 2 fully saturated rings. The smallest absolute Gasteiger partial charge is 0.180 e. The molecule has 0 spiro atoms. The zero-order valence-electron chi connectivity index (χ0n) is 16.5. The Bertz CT molecular complexity index is 1060. The number of halogens is 2. The van der Waals surface area contributed by atoms with Crippen molar-refractivity contribution >= 4 is 17.2 Å². The fourth-order valence-electron chi connectivity index (χ4n) is 4.43. The number of hydrogen-bond acceptors (Lipinski definition) is 6. The summed E-state index contributed by atoms with van der Waals surface area (Å²) in [6, 6.07) is 5.22. The van der Waals surface area contributed by atoms with Crippen molar-refractivity contribution in [3.8, 4) is 0 Å². The average molecular weight is 414 g/mol. The predicted molar refractivity (Wildman–Crippen MR) is 109 cm³/mol. The van der Waals surface area contributed by atoms with Crippen LogP contribution in [0.5, 0.6) is 0 Å². The SMILES string of the molecule is O[C@H]1CCN(CNc2cnn3ccc(N4CCCC4c4cc(F)ccc4F)nc23)C1. The normalized spacial score (nSPS) is 22.3. The summed E-state index contributed by atoms with van der Waals surface area (Å²) in [6.45, 7) is 2.83. The van der Waals surface area contributed by atoms with Crippen molar-refractivity contribution < 1.29 is 13.9 Å². The highest BCUT2D eigenvalue weighted by atomic mass is 19.1. The third-order valence-electron chi connectivity index (χ3n) is 5.96. The standard InChI is InChI=1S/C21H24F2N6O/c22-14-3-4-17(23)16(10-14)19-2-1-7-28(19)20-6-9-29-21(26-20)18(11-25-29)24-13-27-8-5-15(30)12-27/h3-4,6,9-11,15,19,24,30H,1-2,5,7-8,12-13H2/t15-,19?/m0/s1. The molecule has 0 radical (unpaired) electrons. The fourth-order valence-corrected chi connectivity index (χ4v) is 4.43. The molecule has 5 rings (SSSR count). The second-order valence-electron chi connectivity index (χ2n) is 7.98. The quantitative estimate of drug-likeness (QED) is 0.669. The van der Waals surface area contributed by atoms with Gasteiger partial charge in [-0.3, -0.25) is 4.90 Å². The summed E-state index contributed by atoms with van der Waals surface area (Å²) in [4.78, 5) is 8.96. The molecule has 2 atom stereocenters. The van der Waals surface area contributed by atoms with Crippen LogP contribution in [0.1, 0.15) is 30.9 Å². The van der Waals surface area contributed by atoms with Crippen LogP contribution in [0, 0.1) is 11.6 Å². The molecule has 0 bridgehead atoms. The van der Waals surface area contributed by atoms with Crippen LogP contribution in [0.25, 0.3) is 5.65 Å². The first-order valence-electron chi connectivity index (χ1n) is 10.3. The van der Waals surface area contributed by atoms with Gasteiger partial charge in [0.2, 0.25) is 0 Å². The molecule has 0 amide bonds. The van der Waals surface area contributed by atoms with Gasteiger partial charge >= 0.3 is 0 Å². The lowest BCUT2D eigenvalue weighted by atomic mass is 10.0. The van der Waals surface area contributed by atoms with Crippen LogP contribution >= 0.6 is 0 Å². The first-order valence-corrected chi connectivity index (χ1v) is 10.3. The van der Waals surface area contributed by atoms with Crippen LogP contribution < -0.4 is 10.2 Å². The number of rotatable bonds is 5. The highest BCUT2D eigenvalue weighted by Crippen LogP contribution is 2.37. The minimum absolute atomic E-state index is 0.249. The minimum Gasteiger partial charge on any atom is -0.392 e. The Morgan fingerprint density at radius 1 is 1.17 bits per heavy atom. The number of anilines is 2. The highest BCUT2D eigenvalue weighted by molar-refractivity contribution is 5.68. The molecule has 7 nitrogen and oxygen atoms in total. The van der Waals surface area contributed by atoms with E-state index in [1.165, 1.54) is 12.1 Å². The number of likely N-dealkylation sites (tertiary alicyclic amines) is 1. The molecule has 0 saturated carbocycles. The Balaban J connectivity index is 1.40. The highest BCUT2D eigenvalue weighted by Gasteiger charge is 2.30. The van der Waals surface area contributed by atoms with Crippen LogP contribution in [0.2, 0.25) is 0 Å². The lowest BCUT2D eigenvalue weighted by molar-refractivity contribution is 0.178. The molecule has 30 heavy (non-hydrogen) atoms. The number of aliphatic hydroxyl groups is 1. The predicted octanol–water partition coefficient (Wildman–Crippen LogP) is 2.79. The van der Waals surface area contributed by atoms with Crippen molar-refractivity contribution in [3.05, 3.63) is 53.9 Å². The van der Waals surface area contributed by atoms with E-state index in [0.29, 0.717) is 30.2 Å². The van der Waals surface area contributed by atoms with E-state index in [-0.39, 0.29) is 12.1 Å². The molecule has 2 aromatic heterocycles. The van der Waals surface area contributed by atoms with Crippen molar-refractivity contribution in [3.63, 3.8) is 0 Å². The third kappa shape index (κ3) is 3.59. The Morgan fingerprint density at radius 3 is 2.90 bits per heavy atom. The Labute approximate surface area is 172 Å². The topological polar surface area (TPSA) is 68.9 Å². The molecule has 2 N–H and O–H groups in total. The van der Waals surface area contributed by atoms with E-state index in [2.05, 4.69) is 15.3 Å². The van der Waals surface area contributed by atoms with Gasteiger partial charge in [0.1, 0.15) is 23.1 Å². The Kier molecular flexibility index (Phi) is 5.00. The second-order valence-corrected chi connectivity index (χ2v) is 7.98. The molecule has 158 valence electrons. The van der Waals surface area contributed by atoms with Crippen molar-refractivity contribution in [2.45, 2.75) is 31.4 Å². The first kappa shape index (κ1) is 19.2. The summed E-state index contributed by atoms with van der Waals surface area (Å²) in [5.74, 6) is -0.112. The molecule has 2 aliphatic heterocycles. The van der Waals surface area contributed by atoms with E-state index >= 15 is 0 Å². The van der Waals surface area contributed by atoms with Crippen LogP contribution in [-0.2, 0) is 0 Å². The van der Waals surface area contributed by atoms with E-state index in [1.54, 1.807) is 10.7 Å². The summed E-state index contributed by atoms with van der Waals surface area (Å²) >= 11 is 0. The van der Waals surface area contributed by atoms with Crippen molar-refractivity contribution in [1.82, 2.24) is 19.5 Å². The summed E-state index contributed by atoms with van der Waals surface area (Å²) < 4.78 is 29.8. The average Bonchev–Trinajstić information content (AvgIpc) is 3.47. The van der Waals surface area contributed by atoms with E-state index in [4.69, 9.17) is 4.98 Å². The number of hydrogen-bond donors (Lipinski definition) is 2. The maximum absolute atomic E-state index is 14.4. The minimum atomic E-state index is -0.434. The van der Waals surface area contributed by atoms with Crippen LogP contribution in [0.4, 0.5) is 20.3 Å². The maximum atomic E-state index is 14.4. The van der Waals surface area contributed by atoms with Gasteiger partial charge in [-0.15, -0.1) is 0 Å². The van der Waals surface area contributed by atoms with Gasteiger partial charge in [-0.05, 0) is 43.5 Å². The molecule has 9 heteroatoms. The van der Waals surface area contributed by atoms with E-state index in [0.717, 1.165) is 44.1 Å². The zero-order chi connectivity index (χ0) is 20.7. The number of fused-ring (bicyclic) bond motifs is 1. The van der Waals surface area contributed by atoms with Gasteiger partial charge in [0.15, 0.2) is 5.65 Å². The number of benzene rings is 1. The van der Waals surface area contributed by atoms with Gasteiger partial charge in [0.25, 0.3) is 0 Å². The number of nitrogens with zero attached hydrogens (tertiary/aromatic N) is 5.